The van der Waals surface area contributed by atoms with Gasteiger partial charge in [-0.3, -0.25) is 0 Å². The number of rotatable bonds is 0. The lowest BCUT2D eigenvalue weighted by Crippen LogP contribution is -2.36. The number of epoxide rings is 1. The van der Waals surface area contributed by atoms with Crippen LogP contribution >= 0.6 is 23.2 Å². The summed E-state index contributed by atoms with van der Waals surface area (Å²) in [6.45, 7) is 0. The van der Waals surface area contributed by atoms with Gasteiger partial charge in [-0.25, -0.2) is 0 Å². The minimum absolute atomic E-state index is 0.218. The molecule has 3 aliphatic carbocycles. The Hall–Kier alpha value is 0.540. The Balaban J connectivity index is 1.73. The van der Waals surface area contributed by atoms with Crippen LogP contribution in [-0.2, 0) is 4.74 Å². The zero-order valence-corrected chi connectivity index (χ0v) is 8.71. The van der Waals surface area contributed by atoms with Gasteiger partial charge in [0.05, 0.1) is 23.0 Å². The van der Waals surface area contributed by atoms with E-state index < -0.39 is 0 Å². The Bertz CT molecular complexity index is 270. The van der Waals surface area contributed by atoms with Crippen LogP contribution in [-0.4, -0.2) is 23.0 Å². The molecule has 1 aliphatic heterocycles. The third kappa shape index (κ3) is 0.770. The van der Waals surface area contributed by atoms with E-state index in [4.69, 9.17) is 27.9 Å². The van der Waals surface area contributed by atoms with Crippen LogP contribution < -0.4 is 0 Å². The first-order chi connectivity index (χ1) is 6.27. The first-order valence-electron chi connectivity index (χ1n) is 5.21. The van der Waals surface area contributed by atoms with Gasteiger partial charge in [0.25, 0.3) is 0 Å². The fourth-order valence-electron chi connectivity index (χ4n) is 4.20. The molecule has 0 spiro atoms. The van der Waals surface area contributed by atoms with Crippen molar-refractivity contribution in [3.8, 4) is 0 Å². The summed E-state index contributed by atoms with van der Waals surface area (Å²) in [6.07, 6.45) is 3.70. The zero-order chi connectivity index (χ0) is 8.74. The second-order valence-electron chi connectivity index (χ2n) is 5.07. The SMILES string of the molecule is Cl[C@@H]1[C@H](Cl)[C@H]2C[C@@H]1[C@@H]1[C@H]2C[C@H]2O[C@H]12. The predicted molar refractivity (Wildman–Crippen MR) is 51.1 cm³/mol. The van der Waals surface area contributed by atoms with E-state index in [9.17, 15) is 0 Å². The lowest BCUT2D eigenvalue weighted by atomic mass is 9.80. The van der Waals surface area contributed by atoms with Gasteiger partial charge in [-0.15, -0.1) is 23.2 Å². The van der Waals surface area contributed by atoms with Gasteiger partial charge in [-0.05, 0) is 36.5 Å². The highest BCUT2D eigenvalue weighted by Crippen LogP contribution is 2.66. The van der Waals surface area contributed by atoms with Crippen LogP contribution in [0.1, 0.15) is 12.8 Å². The highest BCUT2D eigenvalue weighted by molar-refractivity contribution is 6.30. The third-order valence-corrected chi connectivity index (χ3v) is 6.03. The van der Waals surface area contributed by atoms with Crippen LogP contribution in [0.15, 0.2) is 0 Å². The molecule has 1 saturated heterocycles. The number of ether oxygens (including phenoxy) is 1. The molecule has 4 aliphatic rings. The van der Waals surface area contributed by atoms with Gasteiger partial charge in [0.15, 0.2) is 0 Å². The zero-order valence-electron chi connectivity index (χ0n) is 7.20. The highest BCUT2D eigenvalue weighted by Gasteiger charge is 2.68. The Labute approximate surface area is 87.7 Å². The summed E-state index contributed by atoms with van der Waals surface area (Å²) in [7, 11) is 0. The molecule has 4 rings (SSSR count). The quantitative estimate of drug-likeness (QED) is 0.449. The van der Waals surface area contributed by atoms with Crippen LogP contribution in [0.3, 0.4) is 0 Å². The number of hydrogen-bond acceptors (Lipinski definition) is 1. The lowest BCUT2D eigenvalue weighted by Gasteiger charge is -2.32. The van der Waals surface area contributed by atoms with Crippen LogP contribution in [0.25, 0.3) is 0 Å². The van der Waals surface area contributed by atoms with Crippen molar-refractivity contribution in [1.82, 2.24) is 0 Å². The average Bonchev–Trinajstić information content (AvgIpc) is 2.53. The standard InChI is InChI=1S/C10H12Cl2O/c11-8-4-1-5(9(8)12)7-3(4)2-6-10(7)13-6/h3-10H,1-2H2/t3-,4-,5+,6+,7-,8+,9-,10-/m0/s1. The molecule has 3 heteroatoms. The second-order valence-corrected chi connectivity index (χ2v) is 6.08. The molecule has 3 saturated carbocycles. The normalized spacial score (nSPS) is 72.5. The maximum atomic E-state index is 6.32. The predicted octanol–water partition coefficient (Wildman–Crippen LogP) is 2.25. The van der Waals surface area contributed by atoms with E-state index in [2.05, 4.69) is 0 Å². The maximum absolute atomic E-state index is 6.32. The second kappa shape index (κ2) is 2.20. The highest BCUT2D eigenvalue weighted by atomic mass is 35.5. The van der Waals surface area contributed by atoms with Crippen molar-refractivity contribution in [1.29, 1.82) is 0 Å². The van der Waals surface area contributed by atoms with Crippen molar-refractivity contribution in [3.63, 3.8) is 0 Å². The van der Waals surface area contributed by atoms with Gasteiger partial charge in [-0.2, -0.15) is 0 Å². The molecular formula is C10H12Cl2O. The van der Waals surface area contributed by atoms with E-state index in [1.807, 2.05) is 0 Å². The average molecular weight is 219 g/mol. The summed E-state index contributed by atoms with van der Waals surface area (Å²) >= 11 is 12.6. The number of fused-ring (bicyclic) bond motifs is 7. The van der Waals surface area contributed by atoms with E-state index in [0.29, 0.717) is 24.0 Å². The smallest absolute Gasteiger partial charge is 0.0876 e. The third-order valence-electron chi connectivity index (χ3n) is 4.71. The van der Waals surface area contributed by atoms with Gasteiger partial charge >= 0.3 is 0 Å². The Kier molecular flexibility index (Phi) is 1.32. The fraction of sp³-hybridized carbons (Fsp3) is 1.00. The van der Waals surface area contributed by atoms with Crippen molar-refractivity contribution in [2.24, 2.45) is 23.7 Å². The summed E-state index contributed by atoms with van der Waals surface area (Å²) in [6, 6.07) is 0. The van der Waals surface area contributed by atoms with Crippen LogP contribution in [0, 0.1) is 23.7 Å². The molecule has 13 heavy (non-hydrogen) atoms. The summed E-state index contributed by atoms with van der Waals surface area (Å²) < 4.78 is 5.60. The van der Waals surface area contributed by atoms with Crippen LogP contribution in [0.2, 0.25) is 0 Å². The molecule has 0 radical (unpaired) electrons. The van der Waals surface area contributed by atoms with Gasteiger partial charge in [-0.1, -0.05) is 0 Å². The molecule has 0 aromatic carbocycles. The largest absolute Gasteiger partial charge is 0.369 e. The topological polar surface area (TPSA) is 12.5 Å². The molecule has 1 nitrogen and oxygen atoms in total. The number of alkyl halides is 2. The summed E-state index contributed by atoms with van der Waals surface area (Å²) in [4.78, 5) is 0. The Morgan fingerprint density at radius 3 is 2.54 bits per heavy atom. The first-order valence-corrected chi connectivity index (χ1v) is 6.08. The number of halogens is 2. The minimum atomic E-state index is 0.218. The molecule has 0 aromatic rings. The van der Waals surface area contributed by atoms with E-state index >= 15 is 0 Å². The molecule has 1 heterocycles. The van der Waals surface area contributed by atoms with Crippen molar-refractivity contribution < 1.29 is 4.74 Å². The summed E-state index contributed by atoms with van der Waals surface area (Å²) in [5.74, 6) is 2.99. The Morgan fingerprint density at radius 1 is 0.923 bits per heavy atom. The van der Waals surface area contributed by atoms with Gasteiger partial charge in [0, 0.05) is 0 Å². The van der Waals surface area contributed by atoms with Gasteiger partial charge in [0.2, 0.25) is 0 Å². The summed E-state index contributed by atoms with van der Waals surface area (Å²) in [5.41, 5.74) is 0. The molecule has 0 amide bonds. The van der Waals surface area contributed by atoms with E-state index in [1.54, 1.807) is 0 Å². The Morgan fingerprint density at radius 2 is 1.69 bits per heavy atom. The molecule has 4 fully saturated rings. The van der Waals surface area contributed by atoms with Crippen molar-refractivity contribution in [2.45, 2.75) is 35.8 Å². The molecule has 0 unspecified atom stereocenters. The first kappa shape index (κ1) is 7.78. The molecular weight excluding hydrogens is 207 g/mol. The molecule has 0 aromatic heterocycles. The van der Waals surface area contributed by atoms with Crippen LogP contribution in [0.4, 0.5) is 0 Å². The van der Waals surface area contributed by atoms with E-state index in [1.165, 1.54) is 12.8 Å². The lowest BCUT2D eigenvalue weighted by molar-refractivity contribution is 0.151. The molecule has 72 valence electrons. The summed E-state index contributed by atoms with van der Waals surface area (Å²) in [5, 5.41) is 0.460. The maximum Gasteiger partial charge on any atom is 0.0876 e. The fourth-order valence-corrected chi connectivity index (χ4v) is 5.14. The molecule has 0 N–H and O–H groups in total. The number of hydrogen-bond donors (Lipinski definition) is 0. The van der Waals surface area contributed by atoms with E-state index in [0.717, 1.165) is 11.8 Å². The van der Waals surface area contributed by atoms with E-state index in [-0.39, 0.29) is 10.8 Å². The van der Waals surface area contributed by atoms with Gasteiger partial charge in [0.1, 0.15) is 0 Å². The molecule has 2 bridgehead atoms. The van der Waals surface area contributed by atoms with Crippen molar-refractivity contribution in [2.75, 3.05) is 0 Å². The van der Waals surface area contributed by atoms with Crippen molar-refractivity contribution in [3.05, 3.63) is 0 Å². The molecule has 8 atom stereocenters. The van der Waals surface area contributed by atoms with Gasteiger partial charge < -0.3 is 4.74 Å². The monoisotopic (exact) mass is 218 g/mol. The van der Waals surface area contributed by atoms with Crippen LogP contribution in [0.5, 0.6) is 0 Å². The minimum Gasteiger partial charge on any atom is -0.369 e. The van der Waals surface area contributed by atoms with Crippen molar-refractivity contribution >= 4 is 23.2 Å².